The molecule has 3 aromatic rings. The number of nitrogens with zero attached hydrogens (tertiary/aromatic N) is 6. The number of likely N-dealkylation sites (tertiary alicyclic amines) is 1. The van der Waals surface area contributed by atoms with Crippen LogP contribution in [-0.2, 0) is 24.1 Å². The number of aliphatic hydroxyl groups is 1. The molecule has 2 aliphatic rings. The second-order valence-electron chi connectivity index (χ2n) is 9.76. The molecular weight excluding hydrogens is 475 g/mol. The van der Waals surface area contributed by atoms with E-state index in [1.807, 2.05) is 9.47 Å². The maximum Gasteiger partial charge on any atom is 0.416 e. The molecule has 12 heteroatoms. The van der Waals surface area contributed by atoms with Crippen LogP contribution in [0.1, 0.15) is 36.8 Å². The molecule has 3 N–H and O–H groups in total. The van der Waals surface area contributed by atoms with Gasteiger partial charge in [0, 0.05) is 25.7 Å². The Labute approximate surface area is 205 Å². The highest BCUT2D eigenvalue weighted by molar-refractivity contribution is 5.83. The van der Waals surface area contributed by atoms with Gasteiger partial charge in [-0.25, -0.2) is 15.0 Å². The molecule has 1 saturated carbocycles. The lowest BCUT2D eigenvalue weighted by molar-refractivity contribution is -0.137. The van der Waals surface area contributed by atoms with Crippen LogP contribution in [0.25, 0.3) is 11.2 Å². The number of aromatic nitrogens is 4. The van der Waals surface area contributed by atoms with E-state index >= 15 is 0 Å². The van der Waals surface area contributed by atoms with E-state index in [0.29, 0.717) is 56.0 Å². The molecule has 0 spiro atoms. The molecule has 0 radical (unpaired) electrons. The second kappa shape index (κ2) is 9.32. The number of hydrogen-bond acceptors (Lipinski definition) is 7. The summed E-state index contributed by atoms with van der Waals surface area (Å²) in [6.45, 7) is 2.01. The summed E-state index contributed by atoms with van der Waals surface area (Å²) < 4.78 is 40.7. The number of halogens is 3. The quantitative estimate of drug-likeness (QED) is 0.485. The molecule has 1 aliphatic heterocycles. The standard InChI is InChI=1S/C24H28F3N7O2/c25-24(26,27)17-3-1-16(2-4-17)11-34(18-5-6-18)22-20-21(29-14-30-22)33(15-31-20)13-23(36)7-9-32(10-8-23)12-19(28)35/h1-4,14-15,18,36H,5-13H2,(H2,28,35). The number of fused-ring (bicyclic) bond motifs is 1. The third-order valence-corrected chi connectivity index (χ3v) is 6.91. The van der Waals surface area contributed by atoms with Crippen molar-refractivity contribution in [2.45, 2.75) is 56.6 Å². The number of alkyl halides is 3. The second-order valence-corrected chi connectivity index (χ2v) is 9.76. The van der Waals surface area contributed by atoms with Crippen molar-refractivity contribution in [2.24, 2.45) is 5.73 Å². The van der Waals surface area contributed by atoms with E-state index in [0.717, 1.165) is 30.5 Å². The molecule has 9 nitrogen and oxygen atoms in total. The first-order chi connectivity index (χ1) is 17.1. The number of piperidine rings is 1. The van der Waals surface area contributed by atoms with Crippen molar-refractivity contribution in [3.05, 3.63) is 48.0 Å². The number of amides is 1. The van der Waals surface area contributed by atoms with Crippen LogP contribution in [0.2, 0.25) is 0 Å². The summed E-state index contributed by atoms with van der Waals surface area (Å²) in [7, 11) is 0. The van der Waals surface area contributed by atoms with Crippen molar-refractivity contribution in [3.63, 3.8) is 0 Å². The Bertz CT molecular complexity index is 1230. The smallest absolute Gasteiger partial charge is 0.388 e. The van der Waals surface area contributed by atoms with Gasteiger partial charge in [0.1, 0.15) is 6.33 Å². The monoisotopic (exact) mass is 503 g/mol. The van der Waals surface area contributed by atoms with Crippen molar-refractivity contribution in [1.29, 1.82) is 0 Å². The zero-order valence-corrected chi connectivity index (χ0v) is 19.7. The third kappa shape index (κ3) is 5.29. The summed E-state index contributed by atoms with van der Waals surface area (Å²) in [5, 5.41) is 11.2. The van der Waals surface area contributed by atoms with Gasteiger partial charge in [0.15, 0.2) is 17.0 Å². The van der Waals surface area contributed by atoms with E-state index in [-0.39, 0.29) is 18.5 Å². The van der Waals surface area contributed by atoms with Crippen molar-refractivity contribution >= 4 is 22.9 Å². The largest absolute Gasteiger partial charge is 0.416 e. The van der Waals surface area contributed by atoms with Crippen molar-refractivity contribution in [1.82, 2.24) is 24.4 Å². The topological polar surface area (TPSA) is 113 Å². The first kappa shape index (κ1) is 24.4. The van der Waals surface area contributed by atoms with Gasteiger partial charge in [-0.3, -0.25) is 9.69 Å². The van der Waals surface area contributed by atoms with Crippen LogP contribution in [0.4, 0.5) is 19.0 Å². The Morgan fingerprint density at radius 2 is 1.83 bits per heavy atom. The number of anilines is 1. The fourth-order valence-electron chi connectivity index (χ4n) is 4.78. The number of rotatable bonds is 8. The average molecular weight is 504 g/mol. The van der Waals surface area contributed by atoms with E-state index in [4.69, 9.17) is 5.73 Å². The van der Waals surface area contributed by atoms with Crippen LogP contribution < -0.4 is 10.6 Å². The Kier molecular flexibility index (Phi) is 6.33. The number of imidazole rings is 1. The maximum atomic E-state index is 12.9. The van der Waals surface area contributed by atoms with Gasteiger partial charge in [-0.05, 0) is 43.4 Å². The van der Waals surface area contributed by atoms with Gasteiger partial charge in [-0.2, -0.15) is 13.2 Å². The number of carbonyl (C=O) groups is 1. The normalized spacial score (nSPS) is 18.4. The lowest BCUT2D eigenvalue weighted by Gasteiger charge is -2.37. The van der Waals surface area contributed by atoms with Gasteiger partial charge in [0.05, 0.1) is 30.6 Å². The number of hydrogen-bond donors (Lipinski definition) is 2. The predicted octanol–water partition coefficient (Wildman–Crippen LogP) is 2.33. The highest BCUT2D eigenvalue weighted by atomic mass is 19.4. The minimum Gasteiger partial charge on any atom is -0.388 e. The number of nitrogens with two attached hydrogens (primary N) is 1. The predicted molar refractivity (Wildman–Crippen MR) is 126 cm³/mol. The van der Waals surface area contributed by atoms with Crippen LogP contribution in [-0.4, -0.2) is 66.7 Å². The van der Waals surface area contributed by atoms with Gasteiger partial charge >= 0.3 is 6.18 Å². The molecule has 1 aromatic carbocycles. The van der Waals surface area contributed by atoms with Gasteiger partial charge in [0.25, 0.3) is 0 Å². The molecule has 2 fully saturated rings. The molecule has 5 rings (SSSR count). The van der Waals surface area contributed by atoms with Crippen molar-refractivity contribution in [3.8, 4) is 0 Å². The molecule has 0 atom stereocenters. The molecule has 1 saturated heterocycles. The Balaban J connectivity index is 1.35. The first-order valence-electron chi connectivity index (χ1n) is 11.9. The van der Waals surface area contributed by atoms with Crippen molar-refractivity contribution < 1.29 is 23.1 Å². The van der Waals surface area contributed by atoms with E-state index in [9.17, 15) is 23.1 Å². The van der Waals surface area contributed by atoms with Crippen LogP contribution in [0.3, 0.4) is 0 Å². The summed E-state index contributed by atoms with van der Waals surface area (Å²) >= 11 is 0. The Morgan fingerprint density at radius 1 is 1.14 bits per heavy atom. The van der Waals surface area contributed by atoms with E-state index in [1.165, 1.54) is 18.5 Å². The molecule has 1 amide bonds. The van der Waals surface area contributed by atoms with Gasteiger partial charge in [-0.15, -0.1) is 0 Å². The van der Waals surface area contributed by atoms with Crippen LogP contribution in [0.5, 0.6) is 0 Å². The van der Waals surface area contributed by atoms with E-state index in [1.54, 1.807) is 6.33 Å². The van der Waals surface area contributed by atoms with Gasteiger partial charge < -0.3 is 20.3 Å². The van der Waals surface area contributed by atoms with Crippen LogP contribution >= 0.6 is 0 Å². The minimum atomic E-state index is -4.37. The molecule has 1 aliphatic carbocycles. The summed E-state index contributed by atoms with van der Waals surface area (Å²) in [5.74, 6) is 0.242. The molecule has 3 heterocycles. The number of benzene rings is 1. The maximum absolute atomic E-state index is 12.9. The summed E-state index contributed by atoms with van der Waals surface area (Å²) in [4.78, 5) is 28.6. The van der Waals surface area contributed by atoms with Crippen LogP contribution in [0, 0.1) is 0 Å². The number of carbonyl (C=O) groups excluding carboxylic acids is 1. The van der Waals surface area contributed by atoms with Gasteiger partial charge in [-0.1, -0.05) is 12.1 Å². The molecule has 36 heavy (non-hydrogen) atoms. The first-order valence-corrected chi connectivity index (χ1v) is 11.9. The summed E-state index contributed by atoms with van der Waals surface area (Å²) in [6.07, 6.45) is 1.63. The zero-order chi connectivity index (χ0) is 25.5. The lowest BCUT2D eigenvalue weighted by Crippen LogP contribution is -2.48. The Morgan fingerprint density at radius 3 is 2.44 bits per heavy atom. The van der Waals surface area contributed by atoms with E-state index in [2.05, 4.69) is 19.9 Å². The average Bonchev–Trinajstić information content (AvgIpc) is 3.59. The highest BCUT2D eigenvalue weighted by Crippen LogP contribution is 2.36. The zero-order valence-electron chi connectivity index (χ0n) is 19.7. The molecule has 192 valence electrons. The Hall–Kier alpha value is -3.25. The molecule has 0 unspecified atom stereocenters. The summed E-state index contributed by atoms with van der Waals surface area (Å²) in [5.41, 5.74) is 5.56. The number of primary amides is 1. The SMILES string of the molecule is NC(=O)CN1CCC(O)(Cn2cnc3c(N(Cc4ccc(C(F)(F)F)cc4)C4CC4)ncnc32)CC1. The van der Waals surface area contributed by atoms with E-state index < -0.39 is 17.3 Å². The molecule has 0 bridgehead atoms. The fourth-order valence-corrected chi connectivity index (χ4v) is 4.78. The fraction of sp³-hybridized carbons (Fsp3) is 0.500. The van der Waals surface area contributed by atoms with Crippen LogP contribution in [0.15, 0.2) is 36.9 Å². The lowest BCUT2D eigenvalue weighted by atomic mass is 9.91. The highest BCUT2D eigenvalue weighted by Gasteiger charge is 2.35. The van der Waals surface area contributed by atoms with Crippen molar-refractivity contribution in [2.75, 3.05) is 24.5 Å². The third-order valence-electron chi connectivity index (χ3n) is 6.91. The minimum absolute atomic E-state index is 0.177. The summed E-state index contributed by atoms with van der Waals surface area (Å²) in [6, 6.07) is 5.42. The molecule has 2 aromatic heterocycles. The molecular formula is C24H28F3N7O2. The van der Waals surface area contributed by atoms with Gasteiger partial charge in [0.2, 0.25) is 5.91 Å².